The Bertz CT molecular complexity index is 1360. The van der Waals surface area contributed by atoms with Crippen LogP contribution in [0.25, 0.3) is 21.7 Å². The standard InChI is InChI=1S/C19H13ClF3N3O2S/c1-11-2-6-15-12(8-11)3-4-13-10-24-26(18(13)15)25-29(27,28)17-9-14(19(21,22)23)5-7-16(17)20/h2-10,25H,1H3. The summed E-state index contributed by atoms with van der Waals surface area (Å²) in [5, 5.41) is 5.99. The first-order valence-electron chi connectivity index (χ1n) is 8.33. The Hall–Kier alpha value is -2.78. The Balaban J connectivity index is 1.85. The Morgan fingerprint density at radius 2 is 1.76 bits per heavy atom. The third kappa shape index (κ3) is 3.51. The number of hydrogen-bond acceptors (Lipinski definition) is 3. The van der Waals surface area contributed by atoms with Gasteiger partial charge >= 0.3 is 6.18 Å². The molecule has 1 heterocycles. The SMILES string of the molecule is Cc1ccc2c(ccc3cnn(NS(=O)(=O)c4cc(C(F)(F)F)ccc4Cl)c32)c1. The molecule has 0 saturated heterocycles. The third-order valence-electron chi connectivity index (χ3n) is 4.46. The lowest BCUT2D eigenvalue weighted by Crippen LogP contribution is -2.25. The second-order valence-electron chi connectivity index (χ2n) is 6.52. The molecule has 0 spiro atoms. The molecule has 4 rings (SSSR count). The van der Waals surface area contributed by atoms with Gasteiger partial charge in [-0.25, -0.2) is 0 Å². The van der Waals surface area contributed by atoms with Crippen LogP contribution in [-0.2, 0) is 16.2 Å². The number of benzene rings is 3. The molecule has 0 aliphatic heterocycles. The summed E-state index contributed by atoms with van der Waals surface area (Å²) in [6, 6.07) is 11.4. The molecule has 0 aliphatic rings. The third-order valence-corrected chi connectivity index (χ3v) is 6.23. The van der Waals surface area contributed by atoms with Crippen LogP contribution in [-0.4, -0.2) is 18.3 Å². The first-order valence-corrected chi connectivity index (χ1v) is 10.2. The van der Waals surface area contributed by atoms with E-state index in [9.17, 15) is 21.6 Å². The molecule has 0 unspecified atom stereocenters. The highest BCUT2D eigenvalue weighted by molar-refractivity contribution is 7.92. The molecule has 0 aliphatic carbocycles. The molecule has 5 nitrogen and oxygen atoms in total. The second-order valence-corrected chi connectivity index (χ2v) is 8.56. The van der Waals surface area contributed by atoms with Crippen molar-refractivity contribution >= 4 is 43.3 Å². The van der Waals surface area contributed by atoms with Crippen molar-refractivity contribution in [3.63, 3.8) is 0 Å². The molecule has 0 bridgehead atoms. The van der Waals surface area contributed by atoms with Crippen molar-refractivity contribution in [3.05, 3.63) is 70.9 Å². The van der Waals surface area contributed by atoms with E-state index < -0.39 is 26.7 Å². The molecule has 4 aromatic rings. The Kier molecular flexibility index (Phi) is 4.47. The van der Waals surface area contributed by atoms with E-state index in [0.717, 1.165) is 33.3 Å². The number of fused-ring (bicyclic) bond motifs is 3. The zero-order valence-electron chi connectivity index (χ0n) is 14.8. The molecule has 1 N–H and O–H groups in total. The zero-order chi connectivity index (χ0) is 21.0. The maximum atomic E-state index is 13.0. The van der Waals surface area contributed by atoms with Crippen LogP contribution in [0.15, 0.2) is 59.6 Å². The van der Waals surface area contributed by atoms with Crippen molar-refractivity contribution in [2.75, 3.05) is 4.83 Å². The predicted octanol–water partition coefficient (Wildman–Crippen LogP) is 5.10. The largest absolute Gasteiger partial charge is 0.416 e. The Morgan fingerprint density at radius 3 is 2.48 bits per heavy atom. The molecular formula is C19H13ClF3N3O2S. The molecule has 1 aromatic heterocycles. The minimum atomic E-state index is -4.71. The molecule has 0 radical (unpaired) electrons. The quantitative estimate of drug-likeness (QED) is 0.483. The van der Waals surface area contributed by atoms with E-state index in [4.69, 9.17) is 11.6 Å². The summed E-state index contributed by atoms with van der Waals surface area (Å²) in [5.41, 5.74) is 0.391. The van der Waals surface area contributed by atoms with Crippen molar-refractivity contribution in [2.24, 2.45) is 0 Å². The van der Waals surface area contributed by atoms with Gasteiger partial charge in [0.1, 0.15) is 10.4 Å². The van der Waals surface area contributed by atoms with E-state index in [-0.39, 0.29) is 5.02 Å². The number of rotatable bonds is 3. The smallest absolute Gasteiger partial charge is 0.200 e. The highest BCUT2D eigenvalue weighted by atomic mass is 35.5. The van der Waals surface area contributed by atoms with Gasteiger partial charge in [0.25, 0.3) is 10.0 Å². The fourth-order valence-electron chi connectivity index (χ4n) is 3.09. The van der Waals surface area contributed by atoms with Crippen LogP contribution in [0.5, 0.6) is 0 Å². The van der Waals surface area contributed by atoms with Crippen LogP contribution in [0.4, 0.5) is 13.2 Å². The highest BCUT2D eigenvalue weighted by Crippen LogP contribution is 2.34. The average molecular weight is 440 g/mol. The molecule has 0 amide bonds. The van der Waals surface area contributed by atoms with Crippen molar-refractivity contribution in [1.29, 1.82) is 0 Å². The minimum absolute atomic E-state index is 0.331. The van der Waals surface area contributed by atoms with E-state index in [0.29, 0.717) is 17.0 Å². The number of aryl methyl sites for hydroxylation is 1. The van der Waals surface area contributed by atoms with Crippen molar-refractivity contribution < 1.29 is 21.6 Å². The fourth-order valence-corrected chi connectivity index (χ4v) is 4.58. The number of nitrogens with zero attached hydrogens (tertiary/aromatic N) is 2. The van der Waals surface area contributed by atoms with E-state index in [1.165, 1.54) is 6.20 Å². The molecule has 0 atom stereocenters. The summed E-state index contributed by atoms with van der Waals surface area (Å²) >= 11 is 5.89. The molecule has 0 fully saturated rings. The van der Waals surface area contributed by atoms with Gasteiger partial charge in [0, 0.05) is 10.8 Å². The average Bonchev–Trinajstić information content (AvgIpc) is 3.03. The van der Waals surface area contributed by atoms with Gasteiger partial charge in [-0.1, -0.05) is 47.5 Å². The van der Waals surface area contributed by atoms with E-state index in [2.05, 4.69) is 9.93 Å². The van der Waals surface area contributed by atoms with Gasteiger partial charge < -0.3 is 0 Å². The fraction of sp³-hybridized carbons (Fsp3) is 0.105. The topological polar surface area (TPSA) is 64.0 Å². The van der Waals surface area contributed by atoms with Crippen LogP contribution >= 0.6 is 11.6 Å². The summed E-state index contributed by atoms with van der Waals surface area (Å²) < 4.78 is 64.6. The number of halogens is 4. The lowest BCUT2D eigenvalue weighted by Gasteiger charge is -2.13. The maximum absolute atomic E-state index is 13.0. The molecule has 0 saturated carbocycles. The lowest BCUT2D eigenvalue weighted by molar-refractivity contribution is -0.137. The van der Waals surface area contributed by atoms with Gasteiger partial charge in [-0.05, 0) is 30.5 Å². The summed E-state index contributed by atoms with van der Waals surface area (Å²) in [6.45, 7) is 1.93. The summed E-state index contributed by atoms with van der Waals surface area (Å²) in [4.78, 5) is 2.55. The summed E-state index contributed by atoms with van der Waals surface area (Å²) in [7, 11) is -4.45. The van der Waals surface area contributed by atoms with Gasteiger partial charge in [-0.2, -0.15) is 36.3 Å². The maximum Gasteiger partial charge on any atom is 0.416 e. The van der Waals surface area contributed by atoms with Gasteiger partial charge in [0.15, 0.2) is 0 Å². The zero-order valence-corrected chi connectivity index (χ0v) is 16.4. The van der Waals surface area contributed by atoms with Crippen molar-refractivity contribution in [1.82, 2.24) is 9.89 Å². The van der Waals surface area contributed by atoms with E-state index >= 15 is 0 Å². The number of nitrogens with one attached hydrogen (secondary N) is 1. The van der Waals surface area contributed by atoms with E-state index in [1.807, 2.05) is 31.2 Å². The monoisotopic (exact) mass is 439 g/mol. The number of aromatic nitrogens is 2. The molecule has 150 valence electrons. The van der Waals surface area contributed by atoms with Crippen LogP contribution in [0.2, 0.25) is 5.02 Å². The number of hydrogen-bond donors (Lipinski definition) is 1. The normalized spacial score (nSPS) is 12.6. The van der Waals surface area contributed by atoms with Gasteiger partial charge in [0.05, 0.1) is 16.8 Å². The van der Waals surface area contributed by atoms with Crippen molar-refractivity contribution in [2.45, 2.75) is 18.0 Å². The van der Waals surface area contributed by atoms with Gasteiger partial charge in [0.2, 0.25) is 0 Å². The summed E-state index contributed by atoms with van der Waals surface area (Å²) in [6.07, 6.45) is -3.24. The van der Waals surface area contributed by atoms with E-state index in [1.54, 1.807) is 6.07 Å². The first kappa shape index (κ1) is 19.5. The molecule has 29 heavy (non-hydrogen) atoms. The van der Waals surface area contributed by atoms with Crippen LogP contribution in [0, 0.1) is 6.92 Å². The van der Waals surface area contributed by atoms with Crippen LogP contribution < -0.4 is 4.83 Å². The van der Waals surface area contributed by atoms with Crippen LogP contribution in [0.1, 0.15) is 11.1 Å². The lowest BCUT2D eigenvalue weighted by atomic mass is 10.1. The predicted molar refractivity (Wildman–Crippen MR) is 105 cm³/mol. The first-order chi connectivity index (χ1) is 13.6. The highest BCUT2D eigenvalue weighted by Gasteiger charge is 2.33. The minimum Gasteiger partial charge on any atom is -0.200 e. The van der Waals surface area contributed by atoms with Gasteiger partial charge in [-0.3, -0.25) is 0 Å². The van der Waals surface area contributed by atoms with Crippen molar-refractivity contribution in [3.8, 4) is 0 Å². The van der Waals surface area contributed by atoms with Crippen LogP contribution in [0.3, 0.4) is 0 Å². The molecular weight excluding hydrogens is 427 g/mol. The Morgan fingerprint density at radius 1 is 1.03 bits per heavy atom. The van der Waals surface area contributed by atoms with Gasteiger partial charge in [-0.15, -0.1) is 0 Å². The Labute approximate surface area is 168 Å². The number of sulfonamides is 1. The summed E-state index contributed by atoms with van der Waals surface area (Å²) in [5.74, 6) is 0. The second kappa shape index (κ2) is 6.64. The molecule has 3 aromatic carbocycles. The number of alkyl halides is 3. The molecule has 10 heteroatoms.